The molecule has 15 nitrogen and oxygen atoms in total. The van der Waals surface area contributed by atoms with E-state index in [9.17, 15) is 50.4 Å². The molecule has 0 aliphatic carbocycles. The first-order valence-corrected chi connectivity index (χ1v) is 13.6. The van der Waals surface area contributed by atoms with Gasteiger partial charge in [0.05, 0.1) is 11.7 Å². The van der Waals surface area contributed by atoms with Crippen LogP contribution in [-0.2, 0) is 19.0 Å². The van der Waals surface area contributed by atoms with Gasteiger partial charge in [-0.05, 0) is 31.2 Å². The molecule has 1 aromatic heterocycles. The number of rotatable bonds is 6. The molecule has 3 aromatic rings. The van der Waals surface area contributed by atoms with Crippen molar-refractivity contribution in [2.24, 2.45) is 0 Å². The second kappa shape index (κ2) is 12.3. The first kappa shape index (κ1) is 31.6. The van der Waals surface area contributed by atoms with E-state index >= 15 is 0 Å². The number of aliphatic hydroxyl groups excluding tert-OH is 6. The fourth-order valence-electron chi connectivity index (χ4n) is 5.21. The molecule has 10 unspecified atom stereocenters. The molecule has 2 aliphatic heterocycles. The van der Waals surface area contributed by atoms with Gasteiger partial charge in [0.2, 0.25) is 6.29 Å². The second-order valence-electron chi connectivity index (χ2n) is 10.7. The number of hydrogen-bond donors (Lipinski definition) is 8. The number of hydrogen-bond acceptors (Lipinski definition) is 15. The van der Waals surface area contributed by atoms with Crippen LogP contribution in [0.4, 0.5) is 0 Å². The number of aromatic hydroxyl groups is 2. The Labute approximate surface area is 248 Å². The molecule has 0 spiro atoms. The van der Waals surface area contributed by atoms with Crippen molar-refractivity contribution in [2.45, 2.75) is 75.1 Å². The Kier molecular flexibility index (Phi) is 8.84. The van der Waals surface area contributed by atoms with E-state index in [4.69, 9.17) is 23.4 Å². The maximum Gasteiger partial charge on any atom is 0.302 e. The lowest BCUT2D eigenvalue weighted by molar-refractivity contribution is -0.268. The first-order chi connectivity index (χ1) is 20.8. The van der Waals surface area contributed by atoms with Crippen molar-refractivity contribution in [2.75, 3.05) is 6.61 Å². The van der Waals surface area contributed by atoms with E-state index in [1.165, 1.54) is 31.2 Å². The molecule has 10 atom stereocenters. The van der Waals surface area contributed by atoms with Gasteiger partial charge in [-0.1, -0.05) is 0 Å². The molecule has 2 fully saturated rings. The minimum absolute atomic E-state index is 0.0521. The molecule has 0 bridgehead atoms. The number of benzene rings is 2. The largest absolute Gasteiger partial charge is 0.507 e. The maximum atomic E-state index is 13.2. The van der Waals surface area contributed by atoms with Crippen LogP contribution in [0.5, 0.6) is 17.2 Å². The molecule has 0 radical (unpaired) electrons. The highest BCUT2D eigenvalue weighted by Crippen LogP contribution is 2.44. The van der Waals surface area contributed by atoms with Crippen LogP contribution in [0.3, 0.4) is 0 Å². The van der Waals surface area contributed by atoms with Gasteiger partial charge in [-0.15, -0.1) is 0 Å². The minimum atomic E-state index is -1.85. The van der Waals surface area contributed by atoms with Crippen molar-refractivity contribution < 1.29 is 69.0 Å². The van der Waals surface area contributed by atoms with Crippen LogP contribution in [0.1, 0.15) is 25.5 Å². The van der Waals surface area contributed by atoms with Crippen molar-refractivity contribution in [1.29, 1.82) is 0 Å². The van der Waals surface area contributed by atoms with Crippen LogP contribution >= 0.6 is 0 Å². The molecule has 15 heteroatoms. The summed E-state index contributed by atoms with van der Waals surface area (Å²) in [5.41, 5.74) is -1.12. The number of fused-ring (bicyclic) bond motifs is 1. The Hall–Kier alpha value is -3.80. The predicted molar refractivity (Wildman–Crippen MR) is 147 cm³/mol. The summed E-state index contributed by atoms with van der Waals surface area (Å²) in [7, 11) is 0. The Bertz CT molecular complexity index is 1570. The zero-order valence-electron chi connectivity index (χ0n) is 23.4. The third kappa shape index (κ3) is 5.83. The molecule has 0 amide bonds. The smallest absolute Gasteiger partial charge is 0.302 e. The number of phenols is 2. The zero-order chi connectivity index (χ0) is 32.0. The highest BCUT2D eigenvalue weighted by atomic mass is 16.7. The van der Waals surface area contributed by atoms with Gasteiger partial charge in [-0.25, -0.2) is 0 Å². The van der Waals surface area contributed by atoms with E-state index in [1.54, 1.807) is 0 Å². The molecular weight excluding hydrogens is 588 g/mol. The van der Waals surface area contributed by atoms with E-state index in [0.717, 1.165) is 19.1 Å². The SMILES string of the molecule is CC(=O)OCC1OC(c2c(O)cc(O)c3c(=O)cc(-c4ccc(OC5OC(C)C(O)C(O)C5O)cc4)oc23)C(O)C(O)C1O. The molecule has 44 heavy (non-hydrogen) atoms. The van der Waals surface area contributed by atoms with E-state index in [-0.39, 0.29) is 28.0 Å². The third-order valence-corrected chi connectivity index (χ3v) is 7.64. The molecule has 5 rings (SSSR count). The fraction of sp³-hybridized carbons (Fsp3) is 0.448. The summed E-state index contributed by atoms with van der Waals surface area (Å²) < 4.78 is 27.6. The summed E-state index contributed by atoms with van der Waals surface area (Å²) in [5.74, 6) is -1.86. The van der Waals surface area contributed by atoms with Gasteiger partial charge in [0.15, 0.2) is 11.0 Å². The van der Waals surface area contributed by atoms with Crippen molar-refractivity contribution in [3.05, 3.63) is 52.2 Å². The molecule has 8 N–H and O–H groups in total. The summed E-state index contributed by atoms with van der Waals surface area (Å²) >= 11 is 0. The highest BCUT2D eigenvalue weighted by Gasteiger charge is 2.47. The topological polar surface area (TPSA) is 246 Å². The van der Waals surface area contributed by atoms with Crippen molar-refractivity contribution in [3.63, 3.8) is 0 Å². The standard InChI is InChI=1S/C29H32O15/c1-10-21(34)23(36)26(39)29(41-10)42-13-5-3-12(4-6-13)17-8-16(33)19-14(31)7-15(32)20(27(19)43-17)28-25(38)24(37)22(35)18(44-28)9-40-11(2)30/h3-8,10,18,21-26,28-29,31-32,34-39H,9H2,1-2H3. The predicted octanol–water partition coefficient (Wildman–Crippen LogP) is -0.837. The Morgan fingerprint density at radius 2 is 1.50 bits per heavy atom. The summed E-state index contributed by atoms with van der Waals surface area (Å²) in [5, 5.41) is 82.7. The Morgan fingerprint density at radius 3 is 2.16 bits per heavy atom. The number of carbonyl (C=O) groups excluding carboxylic acids is 1. The molecule has 2 aromatic carbocycles. The second-order valence-corrected chi connectivity index (χ2v) is 10.7. The molecule has 2 saturated heterocycles. The monoisotopic (exact) mass is 620 g/mol. The maximum absolute atomic E-state index is 13.2. The van der Waals surface area contributed by atoms with Crippen molar-refractivity contribution in [1.82, 2.24) is 0 Å². The van der Waals surface area contributed by atoms with Crippen LogP contribution in [-0.4, -0.2) is 109 Å². The molecule has 0 saturated carbocycles. The van der Waals surface area contributed by atoms with E-state index in [1.807, 2.05) is 0 Å². The number of ether oxygens (including phenoxy) is 4. The minimum Gasteiger partial charge on any atom is -0.507 e. The van der Waals surface area contributed by atoms with E-state index in [0.29, 0.717) is 5.56 Å². The van der Waals surface area contributed by atoms with Gasteiger partial charge in [-0.2, -0.15) is 0 Å². The Balaban J connectivity index is 1.50. The van der Waals surface area contributed by atoms with Crippen LogP contribution in [0.2, 0.25) is 0 Å². The van der Waals surface area contributed by atoms with Crippen LogP contribution in [0, 0.1) is 0 Å². The zero-order valence-corrected chi connectivity index (χ0v) is 23.4. The van der Waals surface area contributed by atoms with Crippen molar-refractivity contribution >= 4 is 16.9 Å². The van der Waals surface area contributed by atoms with E-state index < -0.39 is 90.7 Å². The van der Waals surface area contributed by atoms with Crippen LogP contribution < -0.4 is 10.2 Å². The quantitative estimate of drug-likeness (QED) is 0.157. The van der Waals surface area contributed by atoms with Gasteiger partial charge < -0.3 is 64.2 Å². The lowest BCUT2D eigenvalue weighted by atomic mass is 9.89. The van der Waals surface area contributed by atoms with Gasteiger partial charge in [0.25, 0.3) is 0 Å². The average molecular weight is 621 g/mol. The van der Waals surface area contributed by atoms with Gasteiger partial charge >= 0.3 is 5.97 Å². The summed E-state index contributed by atoms with van der Waals surface area (Å²) in [4.78, 5) is 24.5. The lowest BCUT2D eigenvalue weighted by Gasteiger charge is -2.40. The first-order valence-electron chi connectivity index (χ1n) is 13.6. The normalized spacial score (nSPS) is 32.4. The number of aliphatic hydroxyl groups is 6. The third-order valence-electron chi connectivity index (χ3n) is 7.64. The number of carbonyl (C=O) groups is 1. The summed E-state index contributed by atoms with van der Waals surface area (Å²) in [6.07, 6.45) is -14.7. The molecule has 238 valence electrons. The highest BCUT2D eigenvalue weighted by molar-refractivity contribution is 5.89. The average Bonchev–Trinajstić information content (AvgIpc) is 2.97. The number of esters is 1. The summed E-state index contributed by atoms with van der Waals surface area (Å²) in [6, 6.07) is 7.77. The Morgan fingerprint density at radius 1 is 0.841 bits per heavy atom. The molecule has 2 aliphatic rings. The van der Waals surface area contributed by atoms with Gasteiger partial charge in [0, 0.05) is 24.6 Å². The van der Waals surface area contributed by atoms with Gasteiger partial charge in [-0.3, -0.25) is 9.59 Å². The van der Waals surface area contributed by atoms with Crippen LogP contribution in [0.25, 0.3) is 22.3 Å². The van der Waals surface area contributed by atoms with Gasteiger partial charge in [0.1, 0.15) is 83.8 Å². The lowest BCUT2D eigenvalue weighted by Crippen LogP contribution is -2.58. The van der Waals surface area contributed by atoms with Crippen LogP contribution in [0.15, 0.2) is 45.6 Å². The molecule has 3 heterocycles. The van der Waals surface area contributed by atoms with Crippen molar-refractivity contribution in [3.8, 4) is 28.6 Å². The molecular formula is C29H32O15. The number of phenolic OH excluding ortho intramolecular Hbond substituents is 2. The van der Waals surface area contributed by atoms with E-state index in [2.05, 4.69) is 0 Å². The summed E-state index contributed by atoms with van der Waals surface area (Å²) in [6.45, 7) is 2.12. The fourth-order valence-corrected chi connectivity index (χ4v) is 5.21.